The Morgan fingerprint density at radius 1 is 1.12 bits per heavy atom. The summed E-state index contributed by atoms with van der Waals surface area (Å²) in [4.78, 5) is 7.70. The molecule has 1 heterocycles. The van der Waals surface area contributed by atoms with Gasteiger partial charge < -0.3 is 20.8 Å². The van der Waals surface area contributed by atoms with Gasteiger partial charge in [0.2, 0.25) is 0 Å². The van der Waals surface area contributed by atoms with Gasteiger partial charge in [0, 0.05) is 30.2 Å². The van der Waals surface area contributed by atoms with E-state index < -0.39 is 0 Å². The molecule has 0 saturated heterocycles. The molecule has 0 bridgehead atoms. The van der Waals surface area contributed by atoms with Gasteiger partial charge in [-0.2, -0.15) is 0 Å². The van der Waals surface area contributed by atoms with Gasteiger partial charge in [0.15, 0.2) is 5.96 Å². The number of guanidine groups is 1. The minimum absolute atomic E-state index is 0. The SMILES string of the molecule is COc1cccc2[nH]cc(CCN=C(N)NCCc3ccccc3)c12.I. The van der Waals surface area contributed by atoms with Gasteiger partial charge in [-0.1, -0.05) is 36.4 Å². The number of benzene rings is 2. The largest absolute Gasteiger partial charge is 0.496 e. The molecule has 0 radical (unpaired) electrons. The third kappa shape index (κ3) is 5.14. The van der Waals surface area contributed by atoms with Gasteiger partial charge >= 0.3 is 0 Å². The van der Waals surface area contributed by atoms with Gasteiger partial charge in [0.25, 0.3) is 0 Å². The highest BCUT2D eigenvalue weighted by molar-refractivity contribution is 14.0. The summed E-state index contributed by atoms with van der Waals surface area (Å²) in [5, 5.41) is 4.29. The first-order chi connectivity index (χ1) is 12.3. The number of rotatable bonds is 7. The highest BCUT2D eigenvalue weighted by atomic mass is 127. The minimum atomic E-state index is 0. The van der Waals surface area contributed by atoms with Gasteiger partial charge in [-0.25, -0.2) is 0 Å². The molecule has 4 N–H and O–H groups in total. The molecule has 6 heteroatoms. The van der Waals surface area contributed by atoms with Gasteiger partial charge in [-0.3, -0.25) is 4.99 Å². The van der Waals surface area contributed by atoms with Crippen molar-refractivity contribution in [2.45, 2.75) is 12.8 Å². The van der Waals surface area contributed by atoms with Crippen LogP contribution in [0.2, 0.25) is 0 Å². The quantitative estimate of drug-likeness (QED) is 0.285. The molecule has 26 heavy (non-hydrogen) atoms. The van der Waals surface area contributed by atoms with E-state index in [1.807, 2.05) is 42.6 Å². The first-order valence-corrected chi connectivity index (χ1v) is 8.48. The Bertz CT molecular complexity index is 845. The molecule has 0 aliphatic carbocycles. The summed E-state index contributed by atoms with van der Waals surface area (Å²) in [6, 6.07) is 16.3. The lowest BCUT2D eigenvalue weighted by atomic mass is 10.1. The maximum Gasteiger partial charge on any atom is 0.188 e. The Hall–Kier alpha value is -2.22. The molecule has 0 fully saturated rings. The molecule has 0 aliphatic heterocycles. The number of methoxy groups -OCH3 is 1. The van der Waals surface area contributed by atoms with Gasteiger partial charge in [-0.15, -0.1) is 24.0 Å². The fourth-order valence-electron chi connectivity index (χ4n) is 2.92. The summed E-state index contributed by atoms with van der Waals surface area (Å²) in [7, 11) is 1.69. The summed E-state index contributed by atoms with van der Waals surface area (Å²) in [6.45, 7) is 1.41. The maximum atomic E-state index is 5.95. The number of H-pyrrole nitrogens is 1. The van der Waals surface area contributed by atoms with E-state index in [2.05, 4.69) is 27.4 Å². The second-order valence-corrected chi connectivity index (χ2v) is 5.88. The molecule has 0 unspecified atom stereocenters. The van der Waals surface area contributed by atoms with E-state index in [0.29, 0.717) is 12.5 Å². The van der Waals surface area contributed by atoms with E-state index >= 15 is 0 Å². The predicted octanol–water partition coefficient (Wildman–Crippen LogP) is 3.48. The number of nitrogens with two attached hydrogens (primary N) is 1. The Kier molecular flexibility index (Phi) is 7.77. The lowest BCUT2D eigenvalue weighted by Gasteiger charge is -2.06. The highest BCUT2D eigenvalue weighted by Crippen LogP contribution is 2.28. The molecule has 0 amide bonds. The van der Waals surface area contributed by atoms with Crippen LogP contribution in [-0.2, 0) is 12.8 Å². The zero-order chi connectivity index (χ0) is 17.5. The Morgan fingerprint density at radius 2 is 1.92 bits per heavy atom. The summed E-state index contributed by atoms with van der Waals surface area (Å²) < 4.78 is 5.46. The van der Waals surface area contributed by atoms with Crippen LogP contribution < -0.4 is 15.8 Å². The smallest absolute Gasteiger partial charge is 0.188 e. The van der Waals surface area contributed by atoms with Crippen molar-refractivity contribution in [3.63, 3.8) is 0 Å². The van der Waals surface area contributed by atoms with Crippen LogP contribution in [0, 0.1) is 0 Å². The summed E-state index contributed by atoms with van der Waals surface area (Å²) in [5.41, 5.74) is 9.50. The number of halogens is 1. The molecule has 5 nitrogen and oxygen atoms in total. The van der Waals surface area contributed by atoms with Crippen molar-refractivity contribution in [1.29, 1.82) is 0 Å². The van der Waals surface area contributed by atoms with E-state index in [1.54, 1.807) is 7.11 Å². The van der Waals surface area contributed by atoms with E-state index in [0.717, 1.165) is 36.0 Å². The van der Waals surface area contributed by atoms with Crippen LogP contribution in [0.25, 0.3) is 10.9 Å². The van der Waals surface area contributed by atoms with Crippen LogP contribution in [0.4, 0.5) is 0 Å². The number of ether oxygens (including phenoxy) is 1. The minimum Gasteiger partial charge on any atom is -0.496 e. The van der Waals surface area contributed by atoms with Crippen molar-refractivity contribution < 1.29 is 4.74 Å². The normalized spacial score (nSPS) is 11.2. The number of hydrogen-bond donors (Lipinski definition) is 3. The molecule has 0 saturated carbocycles. The zero-order valence-corrected chi connectivity index (χ0v) is 17.2. The average molecular weight is 464 g/mol. The number of aromatic nitrogens is 1. The lowest BCUT2D eigenvalue weighted by Crippen LogP contribution is -2.33. The maximum absolute atomic E-state index is 5.95. The first-order valence-electron chi connectivity index (χ1n) is 8.48. The number of nitrogens with one attached hydrogen (secondary N) is 2. The number of aromatic amines is 1. The van der Waals surface area contributed by atoms with E-state index in [1.165, 1.54) is 11.1 Å². The molecule has 2 aromatic carbocycles. The van der Waals surface area contributed by atoms with Crippen molar-refractivity contribution >= 4 is 40.8 Å². The topological polar surface area (TPSA) is 75.4 Å². The fraction of sp³-hybridized carbons (Fsp3) is 0.250. The lowest BCUT2D eigenvalue weighted by molar-refractivity contribution is 0.419. The summed E-state index contributed by atoms with van der Waals surface area (Å²) >= 11 is 0. The van der Waals surface area contributed by atoms with Crippen LogP contribution in [0.3, 0.4) is 0 Å². The number of aliphatic imine (C=N–C) groups is 1. The van der Waals surface area contributed by atoms with Crippen LogP contribution in [0.5, 0.6) is 5.75 Å². The Balaban J connectivity index is 0.00000243. The predicted molar refractivity (Wildman–Crippen MR) is 119 cm³/mol. The number of nitrogens with zero attached hydrogens (tertiary/aromatic N) is 1. The molecule has 0 spiro atoms. The average Bonchev–Trinajstić information content (AvgIpc) is 3.06. The highest BCUT2D eigenvalue weighted by Gasteiger charge is 2.08. The van der Waals surface area contributed by atoms with Crippen molar-refractivity contribution in [2.75, 3.05) is 20.2 Å². The van der Waals surface area contributed by atoms with Crippen LogP contribution >= 0.6 is 24.0 Å². The molecular weight excluding hydrogens is 439 g/mol. The molecule has 3 rings (SSSR count). The molecule has 0 atom stereocenters. The molecule has 3 aromatic rings. The van der Waals surface area contributed by atoms with Crippen molar-refractivity contribution in [2.24, 2.45) is 10.7 Å². The third-order valence-corrected chi connectivity index (χ3v) is 4.20. The fourth-order valence-corrected chi connectivity index (χ4v) is 2.92. The Morgan fingerprint density at radius 3 is 2.69 bits per heavy atom. The van der Waals surface area contributed by atoms with Crippen molar-refractivity contribution in [1.82, 2.24) is 10.3 Å². The van der Waals surface area contributed by atoms with Gasteiger partial charge in [-0.05, 0) is 36.1 Å². The van der Waals surface area contributed by atoms with Gasteiger partial charge in [0.05, 0.1) is 7.11 Å². The summed E-state index contributed by atoms with van der Waals surface area (Å²) in [6.07, 6.45) is 3.75. The monoisotopic (exact) mass is 464 g/mol. The first kappa shape index (κ1) is 20.1. The van der Waals surface area contributed by atoms with Gasteiger partial charge in [0.1, 0.15) is 5.75 Å². The van der Waals surface area contributed by atoms with Crippen LogP contribution in [-0.4, -0.2) is 31.1 Å². The standard InChI is InChI=1S/C20H24N4O.HI/c1-25-18-9-5-8-17-19(18)16(14-24-17)11-13-23-20(21)22-12-10-15-6-3-2-4-7-15;/h2-9,14,24H,10-13H2,1H3,(H3,21,22,23);1H. The van der Waals surface area contributed by atoms with E-state index in [9.17, 15) is 0 Å². The summed E-state index contributed by atoms with van der Waals surface area (Å²) in [5.74, 6) is 1.37. The van der Waals surface area contributed by atoms with Crippen molar-refractivity contribution in [3.05, 3.63) is 65.9 Å². The molecular formula is C20H25IN4O. The molecule has 0 aliphatic rings. The van der Waals surface area contributed by atoms with Crippen molar-refractivity contribution in [3.8, 4) is 5.75 Å². The second kappa shape index (κ2) is 10.1. The second-order valence-electron chi connectivity index (χ2n) is 5.88. The third-order valence-electron chi connectivity index (χ3n) is 4.20. The molecule has 1 aromatic heterocycles. The Labute approximate surface area is 171 Å². The van der Waals surface area contributed by atoms with Crippen LogP contribution in [0.1, 0.15) is 11.1 Å². The molecule has 138 valence electrons. The van der Waals surface area contributed by atoms with Crippen LogP contribution in [0.15, 0.2) is 59.7 Å². The zero-order valence-electron chi connectivity index (χ0n) is 14.9. The van der Waals surface area contributed by atoms with E-state index in [-0.39, 0.29) is 24.0 Å². The number of hydrogen-bond acceptors (Lipinski definition) is 2. The number of fused-ring (bicyclic) bond motifs is 1. The van der Waals surface area contributed by atoms with E-state index in [4.69, 9.17) is 10.5 Å².